The maximum Gasteiger partial charge on any atom is 0.270 e. The Morgan fingerprint density at radius 3 is 2.56 bits per heavy atom. The molecule has 1 heterocycles. The number of rotatable bonds is 5. The second kappa shape index (κ2) is 8.59. The van der Waals surface area contributed by atoms with Crippen LogP contribution < -0.4 is 0 Å². The number of nitro benzene ring substituents is 1. The highest BCUT2D eigenvalue weighted by Gasteiger charge is 2.16. The summed E-state index contributed by atoms with van der Waals surface area (Å²) in [6.07, 6.45) is 1.78. The van der Waals surface area contributed by atoms with Gasteiger partial charge in [-0.2, -0.15) is 10.5 Å². The van der Waals surface area contributed by atoms with Crippen LogP contribution in [0, 0.1) is 39.7 Å². The molecule has 0 N–H and O–H groups in total. The zero-order valence-electron chi connectivity index (χ0n) is 17.3. The van der Waals surface area contributed by atoms with Crippen LogP contribution >= 0.6 is 0 Å². The molecule has 0 saturated carbocycles. The fourth-order valence-electron chi connectivity index (χ4n) is 3.89. The third-order valence-electron chi connectivity index (χ3n) is 5.52. The smallest absolute Gasteiger partial charge is 0.270 e. The highest BCUT2D eigenvalue weighted by molar-refractivity contribution is 5.99. The fraction of sp³-hybridized carbons (Fsp3) is 0.0769. The summed E-state index contributed by atoms with van der Waals surface area (Å²) in [7, 11) is 0. The molecule has 4 aromatic rings. The molecule has 0 aliphatic carbocycles. The number of nitrogens with zero attached hydrogens (tertiary/aromatic N) is 4. The van der Waals surface area contributed by atoms with E-state index in [1.54, 1.807) is 24.3 Å². The van der Waals surface area contributed by atoms with E-state index in [1.807, 2.05) is 49.4 Å². The van der Waals surface area contributed by atoms with E-state index in [0.29, 0.717) is 23.2 Å². The molecule has 6 heteroatoms. The number of aromatic nitrogens is 1. The summed E-state index contributed by atoms with van der Waals surface area (Å²) in [6.45, 7) is 2.49. The summed E-state index contributed by atoms with van der Waals surface area (Å²) in [5.41, 5.74) is 5.11. The van der Waals surface area contributed by atoms with Gasteiger partial charge >= 0.3 is 0 Å². The topological polar surface area (TPSA) is 95.6 Å². The van der Waals surface area contributed by atoms with Crippen LogP contribution in [-0.2, 0) is 6.54 Å². The van der Waals surface area contributed by atoms with Gasteiger partial charge in [0, 0.05) is 40.8 Å². The molecule has 6 nitrogen and oxygen atoms in total. The number of allylic oxidation sites excluding steroid dienone is 1. The summed E-state index contributed by atoms with van der Waals surface area (Å²) in [5.74, 6) is 0. The van der Waals surface area contributed by atoms with Crippen LogP contribution in [0.1, 0.15) is 27.9 Å². The van der Waals surface area contributed by atoms with E-state index in [9.17, 15) is 20.6 Å². The molecule has 0 atom stereocenters. The van der Waals surface area contributed by atoms with Crippen LogP contribution in [0.15, 0.2) is 72.8 Å². The minimum absolute atomic E-state index is 0.0593. The maximum atomic E-state index is 11.2. The number of benzene rings is 3. The van der Waals surface area contributed by atoms with Crippen LogP contribution in [0.4, 0.5) is 5.69 Å². The van der Waals surface area contributed by atoms with Crippen LogP contribution in [0.3, 0.4) is 0 Å². The zero-order chi connectivity index (χ0) is 22.7. The number of para-hydroxylation sites is 1. The highest BCUT2D eigenvalue weighted by Crippen LogP contribution is 2.31. The Morgan fingerprint density at radius 2 is 1.81 bits per heavy atom. The van der Waals surface area contributed by atoms with Crippen molar-refractivity contribution in [1.82, 2.24) is 4.57 Å². The second-order valence-corrected chi connectivity index (χ2v) is 7.35. The lowest BCUT2D eigenvalue weighted by molar-refractivity contribution is -0.384. The minimum atomic E-state index is -0.470. The molecule has 4 rings (SSSR count). The average molecular weight is 418 g/mol. The van der Waals surface area contributed by atoms with Crippen molar-refractivity contribution in [1.29, 1.82) is 10.5 Å². The summed E-state index contributed by atoms with van der Waals surface area (Å²) < 4.78 is 2.12. The first-order chi connectivity index (χ1) is 15.5. The van der Waals surface area contributed by atoms with Gasteiger partial charge in [-0.3, -0.25) is 10.1 Å². The monoisotopic (exact) mass is 418 g/mol. The van der Waals surface area contributed by atoms with Gasteiger partial charge in [0.2, 0.25) is 0 Å². The van der Waals surface area contributed by atoms with Crippen molar-refractivity contribution in [3.05, 3.63) is 111 Å². The molecular weight excluding hydrogens is 400 g/mol. The van der Waals surface area contributed by atoms with E-state index in [4.69, 9.17) is 0 Å². The molecule has 0 saturated heterocycles. The summed E-state index contributed by atoms with van der Waals surface area (Å²) in [6, 6.07) is 25.9. The predicted octanol–water partition coefficient (Wildman–Crippen LogP) is 5.84. The molecule has 0 unspecified atom stereocenters. The van der Waals surface area contributed by atoms with Gasteiger partial charge in [0.1, 0.15) is 0 Å². The van der Waals surface area contributed by atoms with Crippen LogP contribution in [0.2, 0.25) is 0 Å². The fourth-order valence-corrected chi connectivity index (χ4v) is 3.89. The first-order valence-corrected chi connectivity index (χ1v) is 9.96. The molecule has 0 radical (unpaired) electrons. The number of nitro groups is 1. The molecule has 0 bridgehead atoms. The first kappa shape index (κ1) is 20.6. The molecule has 32 heavy (non-hydrogen) atoms. The summed E-state index contributed by atoms with van der Waals surface area (Å²) in [5, 5.41) is 31.4. The lowest BCUT2D eigenvalue weighted by Crippen LogP contribution is -2.03. The van der Waals surface area contributed by atoms with Gasteiger partial charge in [-0.15, -0.1) is 0 Å². The number of non-ortho nitro benzene ring substituents is 1. The Balaban J connectivity index is 1.88. The van der Waals surface area contributed by atoms with Gasteiger partial charge in [-0.25, -0.2) is 0 Å². The summed E-state index contributed by atoms with van der Waals surface area (Å²) >= 11 is 0. The first-order valence-electron chi connectivity index (χ1n) is 9.96. The van der Waals surface area contributed by atoms with Crippen molar-refractivity contribution in [2.24, 2.45) is 0 Å². The molecule has 0 spiro atoms. The third kappa shape index (κ3) is 3.74. The highest BCUT2D eigenvalue weighted by atomic mass is 16.6. The number of nitriles is 2. The van der Waals surface area contributed by atoms with E-state index in [0.717, 1.165) is 27.7 Å². The molecule has 0 fully saturated rings. The molecule has 3 aromatic carbocycles. The lowest BCUT2D eigenvalue weighted by Gasteiger charge is -2.10. The van der Waals surface area contributed by atoms with Gasteiger partial charge in [-0.05, 0) is 36.3 Å². The Kier molecular flexibility index (Phi) is 5.53. The van der Waals surface area contributed by atoms with Gasteiger partial charge in [0.05, 0.1) is 28.2 Å². The van der Waals surface area contributed by atoms with Crippen LogP contribution in [0.25, 0.3) is 22.6 Å². The molecule has 0 amide bonds. The van der Waals surface area contributed by atoms with Crippen molar-refractivity contribution in [3.8, 4) is 12.1 Å². The van der Waals surface area contributed by atoms with Gasteiger partial charge in [-0.1, -0.05) is 48.5 Å². The quantitative estimate of drug-likeness (QED) is 0.231. The second-order valence-electron chi connectivity index (χ2n) is 7.35. The Bertz CT molecular complexity index is 1470. The van der Waals surface area contributed by atoms with E-state index in [-0.39, 0.29) is 5.69 Å². The predicted molar refractivity (Wildman–Crippen MR) is 124 cm³/mol. The largest absolute Gasteiger partial charge is 0.340 e. The normalized spacial score (nSPS) is 11.2. The Labute approximate surface area is 185 Å². The summed E-state index contributed by atoms with van der Waals surface area (Å²) in [4.78, 5) is 10.7. The van der Waals surface area contributed by atoms with Crippen LogP contribution in [0.5, 0.6) is 0 Å². The van der Waals surface area contributed by atoms with E-state index in [1.165, 1.54) is 12.1 Å². The maximum absolute atomic E-state index is 11.2. The van der Waals surface area contributed by atoms with E-state index in [2.05, 4.69) is 16.7 Å². The lowest BCUT2D eigenvalue weighted by atomic mass is 10.0. The van der Waals surface area contributed by atoms with E-state index >= 15 is 0 Å². The Hall–Kier alpha value is -4.68. The SMILES string of the molecule is Cc1c(C=C(C#N)c2cccc([N+](=O)[O-])c2)c2ccccc2n1Cc1ccccc1C#N. The number of fused-ring (bicyclic) bond motifs is 1. The van der Waals surface area contributed by atoms with Crippen molar-refractivity contribution >= 4 is 28.2 Å². The number of hydrogen-bond acceptors (Lipinski definition) is 4. The Morgan fingerprint density at radius 1 is 1.06 bits per heavy atom. The molecule has 0 aliphatic rings. The van der Waals surface area contributed by atoms with E-state index < -0.39 is 4.92 Å². The molecule has 0 aliphatic heterocycles. The standard InChI is InChI=1S/C26H18N4O2/c1-18-25(14-22(16-28)19-9-6-10-23(13-19)30(31)32)24-11-4-5-12-26(24)29(18)17-21-8-3-2-7-20(21)15-27/h2-14H,17H2,1H3. The average Bonchev–Trinajstić information content (AvgIpc) is 3.08. The number of hydrogen-bond donors (Lipinski definition) is 0. The zero-order valence-corrected chi connectivity index (χ0v) is 17.3. The molecule has 154 valence electrons. The van der Waals surface area contributed by atoms with Crippen LogP contribution in [-0.4, -0.2) is 9.49 Å². The van der Waals surface area contributed by atoms with Crippen molar-refractivity contribution in [3.63, 3.8) is 0 Å². The van der Waals surface area contributed by atoms with Crippen molar-refractivity contribution < 1.29 is 4.92 Å². The van der Waals surface area contributed by atoms with Crippen molar-refractivity contribution in [2.75, 3.05) is 0 Å². The van der Waals surface area contributed by atoms with Gasteiger partial charge in [0.25, 0.3) is 5.69 Å². The minimum Gasteiger partial charge on any atom is -0.340 e. The molecule has 1 aromatic heterocycles. The van der Waals surface area contributed by atoms with Gasteiger partial charge in [0.15, 0.2) is 0 Å². The van der Waals surface area contributed by atoms with Gasteiger partial charge < -0.3 is 4.57 Å². The van der Waals surface area contributed by atoms with Crippen molar-refractivity contribution in [2.45, 2.75) is 13.5 Å². The molecular formula is C26H18N4O2. The third-order valence-corrected chi connectivity index (χ3v) is 5.52.